The van der Waals surface area contributed by atoms with Crippen LogP contribution >= 0.6 is 34.9 Å². The number of thioether (sulfide) groups is 2. The molecule has 190 valence electrons. The van der Waals surface area contributed by atoms with E-state index in [0.717, 1.165) is 0 Å². The number of thiophene rings is 1. The molecule has 1 fully saturated rings. The normalized spacial score (nSPS) is 19.7. The van der Waals surface area contributed by atoms with E-state index < -0.39 is 41.3 Å². The van der Waals surface area contributed by atoms with Gasteiger partial charge in [-0.15, -0.1) is 23.1 Å². The molecule has 2 aromatic rings. The van der Waals surface area contributed by atoms with Crippen molar-refractivity contribution in [3.8, 4) is 0 Å². The third-order valence-electron chi connectivity index (χ3n) is 5.29. The van der Waals surface area contributed by atoms with Crippen molar-refractivity contribution in [2.24, 2.45) is 0 Å². The average Bonchev–Trinajstić information content (AvgIpc) is 3.38. The van der Waals surface area contributed by atoms with Gasteiger partial charge in [0, 0.05) is 34.1 Å². The number of nitrogens with one attached hydrogen (secondary N) is 3. The lowest BCUT2D eigenvalue weighted by Crippen LogP contribution is -2.71. The smallest absolute Gasteiger partial charge is 0.352 e. The van der Waals surface area contributed by atoms with Crippen LogP contribution in [-0.4, -0.2) is 68.4 Å². The molecule has 0 saturated carbocycles. The zero-order valence-electron chi connectivity index (χ0n) is 18.9. The Bertz CT molecular complexity index is 1210. The zero-order valence-corrected chi connectivity index (χ0v) is 21.3. The van der Waals surface area contributed by atoms with E-state index in [4.69, 9.17) is 0 Å². The molecule has 3 atom stereocenters. The van der Waals surface area contributed by atoms with Crippen LogP contribution in [0.4, 0.5) is 4.79 Å². The summed E-state index contributed by atoms with van der Waals surface area (Å²) in [5.74, 6) is -1.80. The quantitative estimate of drug-likeness (QED) is 0.152. The van der Waals surface area contributed by atoms with Crippen LogP contribution < -0.4 is 20.8 Å². The number of carbonyl (C=O) groups is 4. The summed E-state index contributed by atoms with van der Waals surface area (Å²) in [6.07, 6.45) is 1.25. The number of carboxylic acids is 1. The van der Waals surface area contributed by atoms with Gasteiger partial charge in [-0.25, -0.2) is 9.59 Å². The fraction of sp³-hybridized carbons (Fsp3) is 0.333. The van der Waals surface area contributed by atoms with Crippen molar-refractivity contribution in [3.63, 3.8) is 0 Å². The number of carboxylic acid groups (broad SMARTS) is 1. The number of carbonyl (C=O) groups excluding carboxylic acids is 3. The van der Waals surface area contributed by atoms with Crippen molar-refractivity contribution in [2.45, 2.75) is 29.4 Å². The van der Waals surface area contributed by atoms with Crippen LogP contribution in [0.15, 0.2) is 52.1 Å². The van der Waals surface area contributed by atoms with E-state index in [-0.39, 0.29) is 11.4 Å². The van der Waals surface area contributed by atoms with Crippen LogP contribution in [0.25, 0.3) is 0 Å². The van der Waals surface area contributed by atoms with Gasteiger partial charge in [0.2, 0.25) is 12.1 Å². The van der Waals surface area contributed by atoms with E-state index in [1.165, 1.54) is 52.0 Å². The Hall–Kier alpha value is -3.30. The van der Waals surface area contributed by atoms with Crippen molar-refractivity contribution < 1.29 is 29.1 Å². The molecule has 12 nitrogen and oxygen atoms in total. The highest BCUT2D eigenvalue weighted by atomic mass is 32.2. The van der Waals surface area contributed by atoms with Gasteiger partial charge in [0.05, 0.1) is 0 Å². The van der Waals surface area contributed by atoms with Gasteiger partial charge < -0.3 is 26.3 Å². The molecule has 2 aliphatic rings. The highest BCUT2D eigenvalue weighted by Gasteiger charge is 2.54. The molecule has 2 aliphatic heterocycles. The number of urea groups is 1. The van der Waals surface area contributed by atoms with Crippen molar-refractivity contribution in [1.82, 2.24) is 25.9 Å². The maximum Gasteiger partial charge on any atom is 0.352 e. The lowest BCUT2D eigenvalue weighted by Gasteiger charge is -2.49. The average molecular weight is 551 g/mol. The Labute approximate surface area is 218 Å². The second-order valence-corrected chi connectivity index (χ2v) is 10.7. The van der Waals surface area contributed by atoms with Crippen LogP contribution in [0.2, 0.25) is 0 Å². The number of amides is 4. The van der Waals surface area contributed by atoms with Gasteiger partial charge in [-0.3, -0.25) is 14.5 Å². The highest BCUT2D eigenvalue weighted by Crippen LogP contribution is 2.41. The summed E-state index contributed by atoms with van der Waals surface area (Å²) in [5.41, 5.74) is 0.396. The van der Waals surface area contributed by atoms with E-state index in [0.29, 0.717) is 32.6 Å². The minimum absolute atomic E-state index is 0.122. The first kappa shape index (κ1) is 25.8. The predicted molar refractivity (Wildman–Crippen MR) is 133 cm³/mol. The van der Waals surface area contributed by atoms with Crippen LogP contribution in [0.1, 0.15) is 17.8 Å². The molecule has 0 aliphatic carbocycles. The van der Waals surface area contributed by atoms with Crippen LogP contribution in [0.5, 0.6) is 0 Å². The molecule has 15 heteroatoms. The zero-order chi connectivity index (χ0) is 25.8. The molecule has 0 spiro atoms. The molecule has 36 heavy (non-hydrogen) atoms. The van der Waals surface area contributed by atoms with Gasteiger partial charge in [0.15, 0.2) is 5.03 Å². The molecule has 2 aromatic heterocycles. The van der Waals surface area contributed by atoms with E-state index in [1.54, 1.807) is 30.5 Å². The summed E-state index contributed by atoms with van der Waals surface area (Å²) in [4.78, 5) is 52.4. The van der Waals surface area contributed by atoms with Crippen molar-refractivity contribution in [1.29, 1.82) is 0 Å². The fourth-order valence-corrected chi connectivity index (χ4v) is 6.82. The Morgan fingerprint density at radius 1 is 1.36 bits per heavy atom. The van der Waals surface area contributed by atoms with Gasteiger partial charge in [0.25, 0.3) is 5.91 Å². The SMILES string of the molecule is CCNC(=O)NC(C(=O)N[C@H]1C(=O)N2C(C(=O)O)=C(CSc3ccc[n+]([O-])n3)CSC12)c1cccs1. The number of aliphatic carboxylic acids is 1. The topological polar surface area (TPSA) is 168 Å². The number of rotatable bonds is 9. The summed E-state index contributed by atoms with van der Waals surface area (Å²) < 4.78 is 0. The summed E-state index contributed by atoms with van der Waals surface area (Å²) >= 11 is 3.82. The largest absolute Gasteiger partial charge is 0.594 e. The Morgan fingerprint density at radius 3 is 2.83 bits per heavy atom. The Kier molecular flexibility index (Phi) is 8.01. The molecule has 4 heterocycles. The Balaban J connectivity index is 1.47. The lowest BCUT2D eigenvalue weighted by atomic mass is 10.0. The predicted octanol–water partition coefficient (Wildman–Crippen LogP) is 0.668. The molecule has 4 rings (SSSR count). The molecule has 2 unspecified atom stereocenters. The van der Waals surface area contributed by atoms with Crippen molar-refractivity contribution in [2.75, 3.05) is 18.1 Å². The minimum atomic E-state index is -1.25. The number of nitrogens with zero attached hydrogens (tertiary/aromatic N) is 3. The molecular formula is C21H22N6O6S3. The monoisotopic (exact) mass is 550 g/mol. The summed E-state index contributed by atoms with van der Waals surface area (Å²) in [6, 6.07) is 4.17. The molecule has 4 amide bonds. The molecule has 1 saturated heterocycles. The molecule has 4 N–H and O–H groups in total. The van der Waals surface area contributed by atoms with Crippen molar-refractivity contribution in [3.05, 3.63) is 57.2 Å². The maximum absolute atomic E-state index is 13.1. The first-order valence-electron chi connectivity index (χ1n) is 10.8. The second kappa shape index (κ2) is 11.2. The number of β-lactam (4-membered cyclic amide) rings is 1. The van der Waals surface area contributed by atoms with Gasteiger partial charge in [0.1, 0.15) is 23.2 Å². The first-order chi connectivity index (χ1) is 17.3. The summed E-state index contributed by atoms with van der Waals surface area (Å²) in [5, 5.41) is 34.5. The van der Waals surface area contributed by atoms with Crippen molar-refractivity contribution >= 4 is 58.7 Å². The first-order valence-corrected chi connectivity index (χ1v) is 13.7. The van der Waals surface area contributed by atoms with E-state index in [2.05, 4.69) is 21.0 Å². The van der Waals surface area contributed by atoms with Gasteiger partial charge in [-0.1, -0.05) is 22.7 Å². The van der Waals surface area contributed by atoms with Crippen LogP contribution in [0, 0.1) is 5.21 Å². The number of hydrogen-bond donors (Lipinski definition) is 4. The van der Waals surface area contributed by atoms with Gasteiger partial charge in [-0.05, 0) is 30.0 Å². The molecular weight excluding hydrogens is 528 g/mol. The van der Waals surface area contributed by atoms with Gasteiger partial charge in [-0.2, -0.15) is 0 Å². The molecule has 0 aromatic carbocycles. The third-order valence-corrected chi connectivity index (χ3v) is 8.58. The number of hydrogen-bond acceptors (Lipinski definition) is 9. The minimum Gasteiger partial charge on any atom is -0.594 e. The Morgan fingerprint density at radius 2 is 2.17 bits per heavy atom. The third kappa shape index (κ3) is 5.42. The summed E-state index contributed by atoms with van der Waals surface area (Å²) in [6.45, 7) is 2.12. The molecule has 0 bridgehead atoms. The van der Waals surface area contributed by atoms with Crippen LogP contribution in [-0.2, 0) is 14.4 Å². The standard InChI is InChI=1S/C21H22N6O6S3/c1-2-22-21(32)24-14(12-5-4-8-34-12)17(28)23-15-18(29)27-16(20(30)31)11(10-36-19(15)27)9-35-13-6-3-7-26(33)25-13/h3-8,14-15,19H,2,9-10H2,1H3,(H,23,28)(H,30,31)(H2,22,24,32)/t14?,15-,19?/m0/s1. The number of aromatic nitrogens is 2. The van der Waals surface area contributed by atoms with Gasteiger partial charge >= 0.3 is 12.0 Å². The highest BCUT2D eigenvalue weighted by molar-refractivity contribution is 8.01. The maximum atomic E-state index is 13.1. The van der Waals surface area contributed by atoms with E-state index in [1.807, 2.05) is 0 Å². The van der Waals surface area contributed by atoms with Crippen LogP contribution in [0.3, 0.4) is 0 Å². The van der Waals surface area contributed by atoms with E-state index in [9.17, 15) is 29.5 Å². The van der Waals surface area contributed by atoms with E-state index >= 15 is 0 Å². The lowest BCUT2D eigenvalue weighted by molar-refractivity contribution is -0.672. The fourth-order valence-electron chi connectivity index (χ4n) is 3.70. The summed E-state index contributed by atoms with van der Waals surface area (Å²) in [7, 11) is 0. The second-order valence-electron chi connectivity index (χ2n) is 7.64. The molecule has 0 radical (unpaired) electrons. The number of fused-ring (bicyclic) bond motifs is 1.